The Balaban J connectivity index is 2.45. The van der Waals surface area contributed by atoms with Crippen molar-refractivity contribution in [2.24, 2.45) is 0 Å². The van der Waals surface area contributed by atoms with E-state index in [1.165, 1.54) is 31.0 Å². The minimum atomic E-state index is -2.69. The van der Waals surface area contributed by atoms with Gasteiger partial charge in [0.15, 0.2) is 5.12 Å². The average Bonchev–Trinajstić information content (AvgIpc) is 2.53. The zero-order chi connectivity index (χ0) is 16.3. The molecule has 1 atom stereocenters. The molecule has 1 unspecified atom stereocenters. The van der Waals surface area contributed by atoms with E-state index in [1.807, 2.05) is 6.92 Å². The fraction of sp³-hybridized carbons (Fsp3) is 0.938. The molecule has 1 saturated heterocycles. The molecule has 1 rings (SSSR count). The van der Waals surface area contributed by atoms with Gasteiger partial charge in [-0.25, -0.2) is 0 Å². The summed E-state index contributed by atoms with van der Waals surface area (Å²) < 4.78 is 17.8. The molecule has 0 saturated carbocycles. The van der Waals surface area contributed by atoms with E-state index in [0.29, 0.717) is 26.2 Å². The molecule has 130 valence electrons. The Hall–Kier alpha value is 0.117. The molecule has 22 heavy (non-hydrogen) atoms. The quantitative estimate of drug-likeness (QED) is 0.410. The zero-order valence-electron chi connectivity index (χ0n) is 14.4. The summed E-state index contributed by atoms with van der Waals surface area (Å²) in [5, 5.41) is 0.257. The number of thioether (sulfide) groups is 1. The number of carbonyl (C=O) groups is 1. The third kappa shape index (κ3) is 6.70. The van der Waals surface area contributed by atoms with Gasteiger partial charge in [0.2, 0.25) is 0 Å². The molecule has 0 spiro atoms. The van der Waals surface area contributed by atoms with E-state index in [2.05, 4.69) is 13.8 Å². The van der Waals surface area contributed by atoms with E-state index >= 15 is 0 Å². The molecule has 1 fully saturated rings. The van der Waals surface area contributed by atoms with Gasteiger partial charge in [0, 0.05) is 26.2 Å². The van der Waals surface area contributed by atoms with Crippen LogP contribution in [0.1, 0.15) is 72.1 Å². The Labute approximate surface area is 141 Å². The van der Waals surface area contributed by atoms with Crippen LogP contribution in [0.3, 0.4) is 0 Å². The fourth-order valence-electron chi connectivity index (χ4n) is 2.59. The van der Waals surface area contributed by atoms with Crippen molar-refractivity contribution < 1.29 is 18.1 Å². The lowest BCUT2D eigenvalue weighted by molar-refractivity contribution is -0.111. The Morgan fingerprint density at radius 1 is 1.14 bits per heavy atom. The lowest BCUT2D eigenvalue weighted by atomic mass is 10.1. The van der Waals surface area contributed by atoms with Gasteiger partial charge < -0.3 is 13.3 Å². The van der Waals surface area contributed by atoms with Crippen LogP contribution in [0.25, 0.3) is 0 Å². The molecule has 0 N–H and O–H groups in total. The largest absolute Gasteiger partial charge is 0.515 e. The third-order valence-electron chi connectivity index (χ3n) is 3.76. The summed E-state index contributed by atoms with van der Waals surface area (Å²) in [5.74, 6) is 0. The van der Waals surface area contributed by atoms with Crippen molar-refractivity contribution >= 4 is 25.7 Å². The Morgan fingerprint density at radius 2 is 1.82 bits per heavy atom. The molecule has 1 aliphatic rings. The van der Waals surface area contributed by atoms with Crippen LogP contribution < -0.4 is 0 Å². The molecule has 0 radical (unpaired) electrons. The number of unbranched alkanes of at least 4 members (excludes halogenated alkanes) is 4. The summed E-state index contributed by atoms with van der Waals surface area (Å²) >= 11 is 1.40. The summed E-state index contributed by atoms with van der Waals surface area (Å²) in [6, 6.07) is 0. The van der Waals surface area contributed by atoms with Crippen molar-refractivity contribution in [1.29, 1.82) is 0 Å². The number of hydrogen-bond acceptors (Lipinski definition) is 5. The van der Waals surface area contributed by atoms with Crippen molar-refractivity contribution in [2.75, 3.05) is 19.8 Å². The second kappa shape index (κ2) is 11.6. The van der Waals surface area contributed by atoms with Crippen LogP contribution in [0.2, 0.25) is 0 Å². The van der Waals surface area contributed by atoms with E-state index in [0.717, 1.165) is 25.7 Å². The summed E-state index contributed by atoms with van der Waals surface area (Å²) in [6.45, 7) is 8.20. The monoisotopic (exact) mass is 348 g/mol. The van der Waals surface area contributed by atoms with E-state index in [1.54, 1.807) is 0 Å². The van der Waals surface area contributed by atoms with Crippen LogP contribution in [-0.2, 0) is 18.1 Å². The Morgan fingerprint density at radius 3 is 2.41 bits per heavy atom. The molecule has 1 heterocycles. The van der Waals surface area contributed by atoms with Crippen LogP contribution in [0.15, 0.2) is 0 Å². The summed E-state index contributed by atoms with van der Waals surface area (Å²) in [6.07, 6.45) is 8.29. The molecule has 6 heteroatoms. The zero-order valence-corrected chi connectivity index (χ0v) is 16.2. The highest BCUT2D eigenvalue weighted by Crippen LogP contribution is 2.32. The average molecular weight is 349 g/mol. The number of rotatable bonds is 11. The molecule has 0 amide bonds. The van der Waals surface area contributed by atoms with Gasteiger partial charge in [0.05, 0.1) is 4.87 Å². The van der Waals surface area contributed by atoms with E-state index in [4.69, 9.17) is 13.3 Å². The smallest absolute Gasteiger partial charge is 0.373 e. The van der Waals surface area contributed by atoms with Gasteiger partial charge in [-0.3, -0.25) is 4.79 Å². The molecular formula is C16H32O4SSi. The molecule has 0 bridgehead atoms. The minimum Gasteiger partial charge on any atom is -0.373 e. The maximum atomic E-state index is 12.3. The van der Waals surface area contributed by atoms with Gasteiger partial charge in [0.1, 0.15) is 0 Å². The fourth-order valence-corrected chi connectivity index (χ4v) is 7.49. The summed E-state index contributed by atoms with van der Waals surface area (Å²) in [4.78, 5) is 12.3. The first-order valence-corrected chi connectivity index (χ1v) is 11.5. The molecule has 1 aliphatic heterocycles. The minimum absolute atomic E-state index is 0.0379. The second-order valence-corrected chi connectivity index (χ2v) is 10.1. The van der Waals surface area contributed by atoms with Crippen molar-refractivity contribution in [2.45, 2.75) is 77.0 Å². The molecule has 0 aromatic carbocycles. The van der Waals surface area contributed by atoms with E-state index < -0.39 is 8.80 Å². The van der Waals surface area contributed by atoms with Gasteiger partial charge >= 0.3 is 8.80 Å². The molecule has 0 aromatic rings. The number of carbonyl (C=O) groups excluding carboxylic acids is 1. The Kier molecular flexibility index (Phi) is 10.7. The highest BCUT2D eigenvalue weighted by atomic mass is 32.2. The van der Waals surface area contributed by atoms with Crippen molar-refractivity contribution in [3.63, 3.8) is 0 Å². The lowest BCUT2D eigenvalue weighted by Crippen LogP contribution is -2.57. The molecule has 4 nitrogen and oxygen atoms in total. The maximum absolute atomic E-state index is 12.3. The predicted octanol–water partition coefficient (Wildman–Crippen LogP) is 4.34. The van der Waals surface area contributed by atoms with Crippen LogP contribution >= 0.6 is 11.8 Å². The van der Waals surface area contributed by atoms with E-state index in [9.17, 15) is 4.79 Å². The Bertz CT molecular complexity index is 303. The van der Waals surface area contributed by atoms with Gasteiger partial charge in [-0.1, -0.05) is 51.3 Å². The summed E-state index contributed by atoms with van der Waals surface area (Å²) in [7, 11) is -2.69. The van der Waals surface area contributed by atoms with Crippen molar-refractivity contribution in [3.05, 3.63) is 0 Å². The number of hydrogen-bond donors (Lipinski definition) is 0. The normalized spacial score (nSPS) is 19.0. The van der Waals surface area contributed by atoms with Crippen molar-refractivity contribution in [3.8, 4) is 0 Å². The highest BCUT2D eigenvalue weighted by Gasteiger charge is 2.51. The summed E-state index contributed by atoms with van der Waals surface area (Å²) in [5.41, 5.74) is 0. The van der Waals surface area contributed by atoms with Gasteiger partial charge in [-0.05, 0) is 26.2 Å². The van der Waals surface area contributed by atoms with Gasteiger partial charge in [-0.15, -0.1) is 0 Å². The molecule has 0 aliphatic carbocycles. The van der Waals surface area contributed by atoms with Gasteiger partial charge in [0.25, 0.3) is 0 Å². The highest BCUT2D eigenvalue weighted by molar-refractivity contribution is 8.15. The second-order valence-electron chi connectivity index (χ2n) is 5.64. The van der Waals surface area contributed by atoms with Gasteiger partial charge in [-0.2, -0.15) is 0 Å². The lowest BCUT2D eigenvalue weighted by Gasteiger charge is -2.37. The van der Waals surface area contributed by atoms with Crippen LogP contribution in [0, 0.1) is 0 Å². The maximum Gasteiger partial charge on any atom is 0.515 e. The molecular weight excluding hydrogens is 316 g/mol. The standard InChI is InChI=1S/C16H32O4SSi/c1-4-7-8-9-10-12-15(17)21-16(5-2)22(18-6-3)19-13-11-14-20-22/h16H,4-14H2,1-3H3. The van der Waals surface area contributed by atoms with Crippen LogP contribution in [0.5, 0.6) is 0 Å². The first-order chi connectivity index (χ1) is 10.7. The first-order valence-electron chi connectivity index (χ1n) is 8.79. The first kappa shape index (κ1) is 20.2. The van der Waals surface area contributed by atoms with E-state index in [-0.39, 0.29) is 9.99 Å². The predicted molar refractivity (Wildman–Crippen MR) is 94.0 cm³/mol. The van der Waals surface area contributed by atoms with Crippen LogP contribution in [-0.4, -0.2) is 38.6 Å². The SMILES string of the molecule is CCCCCCCC(=O)SC(CC)[Si]1(OCC)OCCCO1. The topological polar surface area (TPSA) is 44.8 Å². The third-order valence-corrected chi connectivity index (χ3v) is 9.17. The van der Waals surface area contributed by atoms with Crippen molar-refractivity contribution in [1.82, 2.24) is 0 Å². The molecule has 0 aromatic heterocycles. The van der Waals surface area contributed by atoms with Crippen LogP contribution in [0.4, 0.5) is 0 Å².